The number of rotatable bonds is 1. The molecule has 0 radical (unpaired) electrons. The summed E-state index contributed by atoms with van der Waals surface area (Å²) in [6.45, 7) is 3.57. The first-order chi connectivity index (χ1) is 6.07. The number of ether oxygens (including phenoxy) is 1. The van der Waals surface area contributed by atoms with Crippen LogP contribution in [0.3, 0.4) is 0 Å². The molecule has 0 spiro atoms. The van der Waals surface area contributed by atoms with Gasteiger partial charge in [-0.2, -0.15) is 0 Å². The molecular weight excluding hydrogens is 178 g/mol. The van der Waals surface area contributed by atoms with Gasteiger partial charge in [0.2, 0.25) is 0 Å². The highest BCUT2D eigenvalue weighted by Gasteiger charge is 2.21. The average molecular weight is 193 g/mol. The quantitative estimate of drug-likeness (QED) is 0.465. The van der Waals surface area contributed by atoms with Crippen LogP contribution in [0.1, 0.15) is 19.8 Å². The first-order valence-electron chi connectivity index (χ1n) is 4.17. The first kappa shape index (κ1) is 12.1. The molecule has 0 saturated carbocycles. The SMILES string of the molecule is CCC1COCCC1O.O=[N+]([O-])O. The van der Waals surface area contributed by atoms with Crippen molar-refractivity contribution in [1.29, 1.82) is 0 Å². The fourth-order valence-corrected chi connectivity index (χ4v) is 1.18. The van der Waals surface area contributed by atoms with Crippen LogP contribution in [0.15, 0.2) is 0 Å². The van der Waals surface area contributed by atoms with Crippen LogP contribution in [0.25, 0.3) is 0 Å². The predicted molar refractivity (Wildman–Crippen MR) is 44.0 cm³/mol. The third-order valence-electron chi connectivity index (χ3n) is 1.96. The molecule has 1 saturated heterocycles. The van der Waals surface area contributed by atoms with E-state index in [1.165, 1.54) is 0 Å². The Morgan fingerprint density at radius 1 is 1.69 bits per heavy atom. The van der Waals surface area contributed by atoms with E-state index in [0.717, 1.165) is 26.1 Å². The molecule has 0 aromatic heterocycles. The average Bonchev–Trinajstić information content (AvgIpc) is 2.04. The highest BCUT2D eigenvalue weighted by Crippen LogP contribution is 2.16. The summed E-state index contributed by atoms with van der Waals surface area (Å²) in [4.78, 5) is 8.36. The lowest BCUT2D eigenvalue weighted by molar-refractivity contribution is -0.742. The Balaban J connectivity index is 0.000000310. The molecule has 2 atom stereocenters. The lowest BCUT2D eigenvalue weighted by Crippen LogP contribution is -2.31. The van der Waals surface area contributed by atoms with E-state index in [1.54, 1.807) is 0 Å². The number of hydrogen-bond acceptors (Lipinski definition) is 4. The summed E-state index contributed by atoms with van der Waals surface area (Å²) >= 11 is 0. The molecule has 6 nitrogen and oxygen atoms in total. The number of aliphatic hydroxyl groups is 1. The molecule has 0 aliphatic carbocycles. The first-order valence-corrected chi connectivity index (χ1v) is 4.17. The van der Waals surface area contributed by atoms with Crippen LogP contribution < -0.4 is 0 Å². The van der Waals surface area contributed by atoms with Crippen LogP contribution in [-0.2, 0) is 4.74 Å². The smallest absolute Gasteiger partial charge is 0.291 e. The van der Waals surface area contributed by atoms with E-state index in [1.807, 2.05) is 0 Å². The Kier molecular flexibility index (Phi) is 6.17. The van der Waals surface area contributed by atoms with Gasteiger partial charge in [-0.3, -0.25) is 0 Å². The van der Waals surface area contributed by atoms with Gasteiger partial charge in [0, 0.05) is 12.5 Å². The zero-order chi connectivity index (χ0) is 10.3. The van der Waals surface area contributed by atoms with Gasteiger partial charge in [0.05, 0.1) is 12.7 Å². The van der Waals surface area contributed by atoms with Crippen LogP contribution in [-0.4, -0.2) is 34.7 Å². The normalized spacial score (nSPS) is 27.2. The number of hydrogen-bond donors (Lipinski definition) is 2. The van der Waals surface area contributed by atoms with Crippen LogP contribution in [0.5, 0.6) is 0 Å². The Bertz CT molecular complexity index is 148. The minimum Gasteiger partial charge on any atom is -0.393 e. The van der Waals surface area contributed by atoms with Crippen molar-refractivity contribution in [1.82, 2.24) is 0 Å². The van der Waals surface area contributed by atoms with E-state index in [9.17, 15) is 5.11 Å². The van der Waals surface area contributed by atoms with Gasteiger partial charge in [0.15, 0.2) is 0 Å². The van der Waals surface area contributed by atoms with Gasteiger partial charge in [-0.1, -0.05) is 6.92 Å². The highest BCUT2D eigenvalue weighted by molar-refractivity contribution is 4.70. The van der Waals surface area contributed by atoms with Crippen molar-refractivity contribution in [2.24, 2.45) is 5.92 Å². The van der Waals surface area contributed by atoms with Crippen molar-refractivity contribution in [2.45, 2.75) is 25.9 Å². The van der Waals surface area contributed by atoms with Crippen LogP contribution in [0, 0.1) is 16.0 Å². The lowest BCUT2D eigenvalue weighted by Gasteiger charge is -2.26. The van der Waals surface area contributed by atoms with Gasteiger partial charge in [-0.05, 0) is 12.8 Å². The van der Waals surface area contributed by atoms with Gasteiger partial charge in [-0.15, -0.1) is 10.1 Å². The van der Waals surface area contributed by atoms with Gasteiger partial charge < -0.3 is 15.1 Å². The molecular formula is C7H15NO5. The van der Waals surface area contributed by atoms with Crippen molar-refractivity contribution in [3.63, 3.8) is 0 Å². The predicted octanol–water partition coefficient (Wildman–Crippen LogP) is 0.446. The van der Waals surface area contributed by atoms with Crippen molar-refractivity contribution < 1.29 is 20.1 Å². The van der Waals surface area contributed by atoms with E-state index < -0.39 is 5.09 Å². The van der Waals surface area contributed by atoms with E-state index in [-0.39, 0.29) is 6.10 Å². The van der Waals surface area contributed by atoms with E-state index in [0.29, 0.717) is 5.92 Å². The molecule has 1 fully saturated rings. The molecule has 13 heavy (non-hydrogen) atoms. The highest BCUT2D eigenvalue weighted by atomic mass is 16.9. The minimum absolute atomic E-state index is 0.108. The number of nitrogens with zero attached hydrogens (tertiary/aromatic N) is 1. The lowest BCUT2D eigenvalue weighted by atomic mass is 9.96. The standard InChI is InChI=1S/C7H14O2.HNO3/c1-2-6-5-9-4-3-7(6)8;2-1(3)4/h6-8H,2-5H2,1H3;(H,2,3,4). The van der Waals surface area contributed by atoms with Crippen LogP contribution in [0.4, 0.5) is 0 Å². The summed E-state index contributed by atoms with van der Waals surface area (Å²) < 4.78 is 5.18. The molecule has 1 aliphatic heterocycles. The molecule has 0 aromatic carbocycles. The Labute approximate surface area is 76.2 Å². The molecule has 2 unspecified atom stereocenters. The molecule has 1 heterocycles. The molecule has 0 amide bonds. The Morgan fingerprint density at radius 2 is 2.23 bits per heavy atom. The van der Waals surface area contributed by atoms with Crippen molar-refractivity contribution in [2.75, 3.05) is 13.2 Å². The molecule has 2 N–H and O–H groups in total. The summed E-state index contributed by atoms with van der Waals surface area (Å²) in [7, 11) is 0. The Morgan fingerprint density at radius 3 is 2.54 bits per heavy atom. The summed E-state index contributed by atoms with van der Waals surface area (Å²) in [6, 6.07) is 0. The monoisotopic (exact) mass is 193 g/mol. The maximum Gasteiger partial charge on any atom is 0.291 e. The van der Waals surface area contributed by atoms with E-state index in [2.05, 4.69) is 6.92 Å². The third-order valence-corrected chi connectivity index (χ3v) is 1.96. The van der Waals surface area contributed by atoms with Crippen LogP contribution in [0.2, 0.25) is 0 Å². The Hall–Kier alpha value is -0.880. The van der Waals surface area contributed by atoms with E-state index in [4.69, 9.17) is 20.1 Å². The summed E-state index contributed by atoms with van der Waals surface area (Å²) in [6.07, 6.45) is 1.74. The fourth-order valence-electron chi connectivity index (χ4n) is 1.18. The molecule has 78 valence electrons. The number of aliphatic hydroxyl groups excluding tert-OH is 1. The second-order valence-electron chi connectivity index (χ2n) is 2.84. The maximum absolute atomic E-state index is 9.29. The van der Waals surface area contributed by atoms with Crippen molar-refractivity contribution in [3.05, 3.63) is 10.1 Å². The summed E-state index contributed by atoms with van der Waals surface area (Å²) in [5.74, 6) is 0.388. The second-order valence-corrected chi connectivity index (χ2v) is 2.84. The molecule has 6 heteroatoms. The molecule has 0 bridgehead atoms. The van der Waals surface area contributed by atoms with Gasteiger partial charge >= 0.3 is 0 Å². The third kappa shape index (κ3) is 6.30. The minimum atomic E-state index is -1.50. The topological polar surface area (TPSA) is 92.8 Å². The molecule has 1 rings (SSSR count). The molecule has 1 aliphatic rings. The zero-order valence-corrected chi connectivity index (χ0v) is 7.55. The summed E-state index contributed by atoms with van der Waals surface area (Å²) in [5.41, 5.74) is 0. The van der Waals surface area contributed by atoms with E-state index >= 15 is 0 Å². The van der Waals surface area contributed by atoms with Gasteiger partial charge in [0.25, 0.3) is 5.09 Å². The second kappa shape index (κ2) is 6.62. The molecule has 0 aromatic rings. The largest absolute Gasteiger partial charge is 0.393 e. The zero-order valence-electron chi connectivity index (χ0n) is 7.55. The van der Waals surface area contributed by atoms with Crippen LogP contribution >= 0.6 is 0 Å². The van der Waals surface area contributed by atoms with Gasteiger partial charge in [-0.25, -0.2) is 0 Å². The van der Waals surface area contributed by atoms with Gasteiger partial charge in [0.1, 0.15) is 0 Å². The van der Waals surface area contributed by atoms with Crippen molar-refractivity contribution >= 4 is 0 Å². The maximum atomic E-state index is 9.29. The fraction of sp³-hybridized carbons (Fsp3) is 1.00. The summed E-state index contributed by atoms with van der Waals surface area (Å²) in [5, 5.41) is 22.9. The van der Waals surface area contributed by atoms with Crippen molar-refractivity contribution in [3.8, 4) is 0 Å².